The van der Waals surface area contributed by atoms with Gasteiger partial charge in [-0.3, -0.25) is 14.9 Å². The number of hydrogen-bond acceptors (Lipinski definition) is 4. The molecule has 2 heterocycles. The van der Waals surface area contributed by atoms with Crippen LogP contribution in [0.1, 0.15) is 48.0 Å². The van der Waals surface area contributed by atoms with Crippen LogP contribution in [-0.4, -0.2) is 72.8 Å². The minimum atomic E-state index is -0.543. The van der Waals surface area contributed by atoms with Crippen LogP contribution in [0.25, 0.3) is 0 Å². The summed E-state index contributed by atoms with van der Waals surface area (Å²) in [4.78, 5) is 40.0. The van der Waals surface area contributed by atoms with Crippen LogP contribution in [0.3, 0.4) is 0 Å². The summed E-state index contributed by atoms with van der Waals surface area (Å²) in [5.74, 6) is 5.87. The number of benzene rings is 1. The van der Waals surface area contributed by atoms with Gasteiger partial charge in [-0.1, -0.05) is 18.3 Å². The van der Waals surface area contributed by atoms with Gasteiger partial charge in [0.25, 0.3) is 5.91 Å². The third kappa shape index (κ3) is 7.05. The van der Waals surface area contributed by atoms with E-state index >= 15 is 0 Å². The topological polar surface area (TPSA) is 81.8 Å². The van der Waals surface area contributed by atoms with E-state index in [9.17, 15) is 14.4 Å². The molecule has 2 saturated heterocycles. The van der Waals surface area contributed by atoms with E-state index in [-0.39, 0.29) is 26.7 Å². The monoisotopic (exact) mass is 442 g/mol. The van der Waals surface area contributed by atoms with Crippen molar-refractivity contribution in [3.05, 3.63) is 35.4 Å². The number of nitrogens with one attached hydrogen (secondary N) is 2. The number of imide groups is 1. The van der Waals surface area contributed by atoms with Crippen LogP contribution in [0.5, 0.6) is 0 Å². The molecule has 2 aliphatic rings. The molecule has 7 nitrogen and oxygen atoms in total. The summed E-state index contributed by atoms with van der Waals surface area (Å²) in [6.45, 7) is 5.89. The molecule has 4 amide bonds. The van der Waals surface area contributed by atoms with Gasteiger partial charge in [-0.15, -0.1) is 0 Å². The normalized spacial score (nSPS) is 17.8. The Hall–Kier alpha value is -2.42. The quantitative estimate of drug-likeness (QED) is 0.555. The Morgan fingerprint density at radius 1 is 1.03 bits per heavy atom. The summed E-state index contributed by atoms with van der Waals surface area (Å²) in [6, 6.07) is 7.34. The number of piperidine rings is 2. The average Bonchev–Trinajstić information content (AvgIpc) is 2.82. The molecule has 1 atom stereocenters. The first-order chi connectivity index (χ1) is 15.1. The van der Waals surface area contributed by atoms with Gasteiger partial charge < -0.3 is 15.1 Å². The third-order valence-electron chi connectivity index (χ3n) is 5.81. The van der Waals surface area contributed by atoms with E-state index in [1.54, 1.807) is 6.66 Å². The highest BCUT2D eigenvalue weighted by atomic mass is 31.1. The van der Waals surface area contributed by atoms with E-state index in [1.165, 1.54) is 32.4 Å². The number of nitrogens with zero attached hydrogens (tertiary/aromatic N) is 2. The number of carbonyl (C=O) groups excluding carboxylic acids is 3. The maximum atomic E-state index is 12.8. The van der Waals surface area contributed by atoms with Crippen molar-refractivity contribution in [2.45, 2.75) is 38.1 Å². The van der Waals surface area contributed by atoms with Crippen molar-refractivity contribution in [1.82, 2.24) is 20.4 Å². The van der Waals surface area contributed by atoms with Gasteiger partial charge >= 0.3 is 6.03 Å². The van der Waals surface area contributed by atoms with Crippen LogP contribution in [0.2, 0.25) is 0 Å². The van der Waals surface area contributed by atoms with Gasteiger partial charge in [-0.25, -0.2) is 4.79 Å². The molecule has 3 rings (SSSR count). The van der Waals surface area contributed by atoms with E-state index in [4.69, 9.17) is 0 Å². The molecule has 0 bridgehead atoms. The van der Waals surface area contributed by atoms with E-state index in [2.05, 4.69) is 27.4 Å². The molecule has 2 fully saturated rings. The van der Waals surface area contributed by atoms with E-state index in [1.807, 2.05) is 29.2 Å². The lowest BCUT2D eigenvalue weighted by Crippen LogP contribution is -2.48. The SMILES string of the molecule is CPC(=O)NC(=O)NCC#Cc1ccc(C(=O)N2CCC(N3CCCCC3)CC2)cc1. The smallest absolute Gasteiger partial charge is 0.322 e. The summed E-state index contributed by atoms with van der Waals surface area (Å²) in [6.07, 6.45) is 6.06. The van der Waals surface area contributed by atoms with Crippen molar-refractivity contribution in [3.63, 3.8) is 0 Å². The van der Waals surface area contributed by atoms with Crippen molar-refractivity contribution in [3.8, 4) is 11.8 Å². The van der Waals surface area contributed by atoms with Crippen LogP contribution < -0.4 is 10.6 Å². The van der Waals surface area contributed by atoms with Crippen molar-refractivity contribution in [2.24, 2.45) is 0 Å². The van der Waals surface area contributed by atoms with Crippen LogP contribution >= 0.6 is 8.58 Å². The molecule has 1 aromatic carbocycles. The Labute approximate surface area is 186 Å². The molecule has 2 aliphatic heterocycles. The minimum Gasteiger partial charge on any atom is -0.339 e. The molecule has 166 valence electrons. The highest BCUT2D eigenvalue weighted by Gasteiger charge is 2.27. The van der Waals surface area contributed by atoms with Crippen molar-refractivity contribution in [1.29, 1.82) is 0 Å². The molecule has 0 radical (unpaired) electrons. The Morgan fingerprint density at radius 3 is 2.35 bits per heavy atom. The summed E-state index contributed by atoms with van der Waals surface area (Å²) < 4.78 is 0. The number of hydrogen-bond donors (Lipinski definition) is 2. The van der Waals surface area contributed by atoms with Gasteiger partial charge in [-0.2, -0.15) is 0 Å². The third-order valence-corrected chi connectivity index (χ3v) is 6.39. The number of rotatable bonds is 4. The molecule has 0 aromatic heterocycles. The molecular formula is C23H31N4O3P. The number of amides is 4. The van der Waals surface area contributed by atoms with Crippen LogP contribution in [0.4, 0.5) is 9.59 Å². The predicted molar refractivity (Wildman–Crippen MR) is 124 cm³/mol. The molecule has 0 aliphatic carbocycles. The minimum absolute atomic E-state index is 0.0243. The molecular weight excluding hydrogens is 411 g/mol. The van der Waals surface area contributed by atoms with Gasteiger partial charge in [0.1, 0.15) is 0 Å². The highest BCUT2D eigenvalue weighted by molar-refractivity contribution is 7.57. The van der Waals surface area contributed by atoms with E-state index in [0.29, 0.717) is 11.6 Å². The van der Waals surface area contributed by atoms with Crippen molar-refractivity contribution in [2.75, 3.05) is 39.4 Å². The number of carbonyl (C=O) groups is 3. The first-order valence-electron chi connectivity index (χ1n) is 11.0. The average molecular weight is 443 g/mol. The second-order valence-electron chi connectivity index (χ2n) is 7.89. The zero-order valence-corrected chi connectivity index (χ0v) is 19.1. The van der Waals surface area contributed by atoms with Gasteiger partial charge in [0.05, 0.1) is 6.54 Å². The second-order valence-corrected chi connectivity index (χ2v) is 8.84. The van der Waals surface area contributed by atoms with Crippen molar-refractivity contribution < 1.29 is 14.4 Å². The molecule has 31 heavy (non-hydrogen) atoms. The summed E-state index contributed by atoms with van der Waals surface area (Å²) in [5, 5.41) is 4.72. The Morgan fingerprint density at radius 2 is 1.71 bits per heavy atom. The van der Waals surface area contributed by atoms with Crippen LogP contribution in [0, 0.1) is 11.8 Å². The Bertz CT molecular complexity index is 833. The molecule has 2 N–H and O–H groups in total. The highest BCUT2D eigenvalue weighted by Crippen LogP contribution is 2.22. The van der Waals surface area contributed by atoms with Gasteiger partial charge in [0, 0.05) is 30.3 Å². The van der Waals surface area contributed by atoms with E-state index in [0.717, 1.165) is 31.5 Å². The largest absolute Gasteiger partial charge is 0.339 e. The lowest BCUT2D eigenvalue weighted by Gasteiger charge is -2.40. The molecule has 8 heteroatoms. The lowest BCUT2D eigenvalue weighted by molar-refractivity contribution is 0.0590. The molecule has 1 aromatic rings. The molecule has 0 spiro atoms. The zero-order chi connectivity index (χ0) is 22.1. The number of likely N-dealkylation sites (tertiary alicyclic amines) is 2. The first-order valence-corrected chi connectivity index (χ1v) is 12.5. The van der Waals surface area contributed by atoms with Crippen LogP contribution in [-0.2, 0) is 0 Å². The predicted octanol–water partition coefficient (Wildman–Crippen LogP) is 2.86. The number of urea groups is 1. The Balaban J connectivity index is 1.44. The standard InChI is InChI=1S/C23H31N4O3P/c1-31-23(30)25-22(29)24-13-5-6-18-7-9-19(10-8-18)21(28)27-16-11-20(12-17-27)26-14-3-2-4-15-26/h7-10,20,31H,2-4,11-17H2,1H3,(H2,24,25,29,30). The van der Waals surface area contributed by atoms with Gasteiger partial charge in [0.2, 0.25) is 5.65 Å². The summed E-state index contributed by atoms with van der Waals surface area (Å²) in [5.41, 5.74) is 1.15. The summed E-state index contributed by atoms with van der Waals surface area (Å²) in [7, 11) is 0.0243. The maximum Gasteiger partial charge on any atom is 0.322 e. The lowest BCUT2D eigenvalue weighted by atomic mass is 9.99. The van der Waals surface area contributed by atoms with Crippen LogP contribution in [0.15, 0.2) is 24.3 Å². The summed E-state index contributed by atoms with van der Waals surface area (Å²) >= 11 is 0. The van der Waals surface area contributed by atoms with Gasteiger partial charge in [-0.05, 0) is 78.3 Å². The fraction of sp³-hybridized carbons (Fsp3) is 0.522. The van der Waals surface area contributed by atoms with Gasteiger partial charge in [0.15, 0.2) is 0 Å². The fourth-order valence-electron chi connectivity index (χ4n) is 4.08. The second kappa shape index (κ2) is 11.8. The fourth-order valence-corrected chi connectivity index (χ4v) is 4.32. The maximum absolute atomic E-state index is 12.8. The van der Waals surface area contributed by atoms with E-state index < -0.39 is 6.03 Å². The first kappa shape index (κ1) is 23.2. The Kier molecular flexibility index (Phi) is 8.87. The molecule has 0 saturated carbocycles. The molecule has 1 unspecified atom stereocenters. The zero-order valence-electron chi connectivity index (χ0n) is 18.1. The van der Waals surface area contributed by atoms with Crippen molar-refractivity contribution >= 4 is 26.2 Å².